The van der Waals surface area contributed by atoms with Crippen LogP contribution in [0.3, 0.4) is 0 Å². The number of halogens is 3. The van der Waals surface area contributed by atoms with Gasteiger partial charge >= 0.3 is 0 Å². The van der Waals surface area contributed by atoms with E-state index in [1.807, 2.05) is 0 Å². The second kappa shape index (κ2) is 10.0. The Morgan fingerprint density at radius 3 is 2.68 bits per heavy atom. The van der Waals surface area contributed by atoms with Crippen molar-refractivity contribution in [2.75, 3.05) is 6.61 Å². The van der Waals surface area contributed by atoms with Crippen LogP contribution in [0.15, 0.2) is 24.5 Å². The molecule has 0 saturated heterocycles. The molecule has 5 rings (SSSR count). The number of aromatic nitrogens is 3. The molecule has 196 valence electrons. The van der Waals surface area contributed by atoms with Crippen molar-refractivity contribution in [2.45, 2.75) is 64.2 Å². The van der Waals surface area contributed by atoms with Crippen molar-refractivity contribution < 1.29 is 27.5 Å². The van der Waals surface area contributed by atoms with Gasteiger partial charge in [-0.1, -0.05) is 0 Å². The van der Waals surface area contributed by atoms with Crippen LogP contribution < -0.4 is 15.4 Å². The van der Waals surface area contributed by atoms with Crippen LogP contribution in [0, 0.1) is 12.8 Å². The highest BCUT2D eigenvalue weighted by Crippen LogP contribution is 2.38. The number of aryl methyl sites for hydroxylation is 1. The Morgan fingerprint density at radius 2 is 1.97 bits per heavy atom. The van der Waals surface area contributed by atoms with E-state index < -0.39 is 30.6 Å². The van der Waals surface area contributed by atoms with Crippen LogP contribution in [-0.4, -0.2) is 51.6 Å². The molecule has 0 bridgehead atoms. The molecular weight excluding hydrogens is 487 g/mol. The highest BCUT2D eigenvalue weighted by Gasteiger charge is 2.36. The normalized spacial score (nSPS) is 21.4. The van der Waals surface area contributed by atoms with E-state index in [-0.39, 0.29) is 29.9 Å². The summed E-state index contributed by atoms with van der Waals surface area (Å²) < 4.78 is 47.4. The molecule has 37 heavy (non-hydrogen) atoms. The average Bonchev–Trinajstić information content (AvgIpc) is 3.52. The first kappa shape index (κ1) is 25.0. The Kier molecular flexibility index (Phi) is 6.78. The van der Waals surface area contributed by atoms with E-state index in [1.165, 1.54) is 31.5 Å². The van der Waals surface area contributed by atoms with Crippen LogP contribution in [-0.2, 0) is 4.79 Å². The number of rotatable bonds is 8. The summed E-state index contributed by atoms with van der Waals surface area (Å²) in [6, 6.07) is 3.09. The predicted octanol–water partition coefficient (Wildman–Crippen LogP) is 4.39. The third-order valence-corrected chi connectivity index (χ3v) is 6.89. The second-order valence-electron chi connectivity index (χ2n) is 9.85. The zero-order chi connectivity index (χ0) is 26.3. The zero-order valence-corrected chi connectivity index (χ0v) is 20.5. The van der Waals surface area contributed by atoms with Gasteiger partial charge in [0.05, 0.1) is 23.7 Å². The number of aromatic amines is 1. The van der Waals surface area contributed by atoms with Gasteiger partial charge < -0.3 is 20.4 Å². The minimum absolute atomic E-state index is 0.0838. The average molecular weight is 516 g/mol. The number of hydrogen-bond acceptors (Lipinski definition) is 5. The summed E-state index contributed by atoms with van der Waals surface area (Å²) in [4.78, 5) is 36.4. The smallest absolute Gasteiger partial charge is 0.263 e. The number of nitrogens with one attached hydrogen (secondary N) is 3. The lowest BCUT2D eigenvalue weighted by molar-refractivity contribution is -0.120. The molecule has 3 N–H and O–H groups in total. The van der Waals surface area contributed by atoms with Crippen molar-refractivity contribution in [1.29, 1.82) is 0 Å². The molecule has 8 nitrogen and oxygen atoms in total. The standard InChI is InChI=1S/C26H28F3N5O3/c1-12-21(26(36)34-16-8-18(27)19(9-16)33-13(2)35)23-24(32-12)22(30-11-31-23)17-7-15(25(28)29)5-6-20(17)37-10-14-3-4-14/h5-7,11,14,16,18-19,25,32H,3-4,8-10H2,1-2H3,(H,33,35)(H,34,36)/t16-,18-,19-/m1/s1. The molecular formula is C26H28F3N5O3. The summed E-state index contributed by atoms with van der Waals surface area (Å²) in [5.74, 6) is 0.118. The number of fused-ring (bicyclic) bond motifs is 1. The Balaban J connectivity index is 1.46. The minimum atomic E-state index is -2.67. The second-order valence-corrected chi connectivity index (χ2v) is 9.85. The molecule has 3 aromatic rings. The number of ether oxygens (including phenoxy) is 1. The fourth-order valence-corrected chi connectivity index (χ4v) is 4.86. The van der Waals surface area contributed by atoms with Gasteiger partial charge in [-0.15, -0.1) is 0 Å². The highest BCUT2D eigenvalue weighted by atomic mass is 19.3. The third-order valence-electron chi connectivity index (χ3n) is 6.89. The number of hydrogen-bond donors (Lipinski definition) is 3. The van der Waals surface area contributed by atoms with E-state index in [2.05, 4.69) is 25.6 Å². The lowest BCUT2D eigenvalue weighted by Gasteiger charge is -2.14. The van der Waals surface area contributed by atoms with Gasteiger partial charge in [-0.2, -0.15) is 0 Å². The van der Waals surface area contributed by atoms with Crippen LogP contribution in [0.25, 0.3) is 22.3 Å². The maximum atomic E-state index is 14.3. The summed E-state index contributed by atoms with van der Waals surface area (Å²) in [5, 5.41) is 5.43. The Morgan fingerprint density at radius 1 is 1.19 bits per heavy atom. The molecule has 2 saturated carbocycles. The van der Waals surface area contributed by atoms with Crippen molar-refractivity contribution >= 4 is 22.8 Å². The van der Waals surface area contributed by atoms with Gasteiger partial charge in [-0.05, 0) is 50.3 Å². The van der Waals surface area contributed by atoms with E-state index in [4.69, 9.17) is 4.74 Å². The molecule has 0 aliphatic heterocycles. The highest BCUT2D eigenvalue weighted by molar-refractivity contribution is 6.09. The Bertz CT molecular complexity index is 1340. The van der Waals surface area contributed by atoms with Gasteiger partial charge in [0.2, 0.25) is 5.91 Å². The maximum Gasteiger partial charge on any atom is 0.263 e. The van der Waals surface area contributed by atoms with Crippen LogP contribution in [0.2, 0.25) is 0 Å². The van der Waals surface area contributed by atoms with Gasteiger partial charge in [-0.3, -0.25) is 9.59 Å². The lowest BCUT2D eigenvalue weighted by atomic mass is 10.0. The molecule has 2 amide bonds. The Hall–Kier alpha value is -3.63. The van der Waals surface area contributed by atoms with E-state index in [0.717, 1.165) is 12.8 Å². The van der Waals surface area contributed by atoms with Crippen LogP contribution in [0.5, 0.6) is 5.75 Å². The van der Waals surface area contributed by atoms with Gasteiger partial charge in [0, 0.05) is 36.2 Å². The first-order valence-corrected chi connectivity index (χ1v) is 12.3. The number of nitrogens with zero attached hydrogens (tertiary/aromatic N) is 2. The third kappa shape index (κ3) is 5.26. The van der Waals surface area contributed by atoms with Gasteiger partial charge in [-0.25, -0.2) is 23.1 Å². The number of alkyl halides is 3. The number of carbonyl (C=O) groups is 2. The van der Waals surface area contributed by atoms with Crippen molar-refractivity contribution in [3.8, 4) is 17.0 Å². The molecule has 2 aromatic heterocycles. The molecule has 2 aliphatic carbocycles. The molecule has 11 heteroatoms. The molecule has 3 atom stereocenters. The van der Waals surface area contributed by atoms with Crippen molar-refractivity contribution in [2.24, 2.45) is 5.92 Å². The molecule has 0 unspecified atom stereocenters. The van der Waals surface area contributed by atoms with Gasteiger partial charge in [0.25, 0.3) is 12.3 Å². The first-order valence-electron chi connectivity index (χ1n) is 12.3. The predicted molar refractivity (Wildman–Crippen MR) is 130 cm³/mol. The Labute approximate surface area is 211 Å². The maximum absolute atomic E-state index is 14.3. The number of H-pyrrole nitrogens is 1. The molecule has 0 spiro atoms. The van der Waals surface area contributed by atoms with E-state index in [9.17, 15) is 22.8 Å². The van der Waals surface area contributed by atoms with E-state index in [1.54, 1.807) is 6.92 Å². The number of carbonyl (C=O) groups excluding carboxylic acids is 2. The molecule has 2 aliphatic rings. The molecule has 0 radical (unpaired) electrons. The van der Waals surface area contributed by atoms with E-state index in [0.29, 0.717) is 46.3 Å². The van der Waals surface area contributed by atoms with Crippen LogP contribution in [0.4, 0.5) is 13.2 Å². The summed E-state index contributed by atoms with van der Waals surface area (Å²) >= 11 is 0. The van der Waals surface area contributed by atoms with Crippen molar-refractivity contribution in [1.82, 2.24) is 25.6 Å². The quantitative estimate of drug-likeness (QED) is 0.412. The zero-order valence-electron chi connectivity index (χ0n) is 20.5. The van der Waals surface area contributed by atoms with E-state index >= 15 is 0 Å². The fourth-order valence-electron chi connectivity index (χ4n) is 4.86. The monoisotopic (exact) mass is 515 g/mol. The largest absolute Gasteiger partial charge is 0.493 e. The SMILES string of the molecule is CC(=O)N[C@@H]1C[C@H](NC(=O)c2c(C)[nH]c3c(-c4cc(C(F)F)ccc4OCC4CC4)ncnc23)C[C@H]1F. The summed E-state index contributed by atoms with van der Waals surface area (Å²) in [7, 11) is 0. The summed E-state index contributed by atoms with van der Waals surface area (Å²) in [6.07, 6.45) is -0.146. The van der Waals surface area contributed by atoms with Crippen LogP contribution >= 0.6 is 0 Å². The molecule has 2 heterocycles. The van der Waals surface area contributed by atoms with Crippen molar-refractivity contribution in [3.63, 3.8) is 0 Å². The minimum Gasteiger partial charge on any atom is -0.493 e. The molecule has 2 fully saturated rings. The van der Waals surface area contributed by atoms with Crippen molar-refractivity contribution in [3.05, 3.63) is 41.3 Å². The lowest BCUT2D eigenvalue weighted by Crippen LogP contribution is -2.38. The fraction of sp³-hybridized carbons (Fsp3) is 0.462. The number of benzene rings is 1. The summed E-state index contributed by atoms with van der Waals surface area (Å²) in [5.41, 5.74) is 2.07. The van der Waals surface area contributed by atoms with Gasteiger partial charge in [0.1, 0.15) is 29.5 Å². The number of amides is 2. The topological polar surface area (TPSA) is 109 Å². The molecule has 1 aromatic carbocycles. The summed E-state index contributed by atoms with van der Waals surface area (Å²) in [6.45, 7) is 3.51. The first-order chi connectivity index (χ1) is 17.7. The van der Waals surface area contributed by atoms with Crippen LogP contribution in [0.1, 0.15) is 60.6 Å². The van der Waals surface area contributed by atoms with Gasteiger partial charge in [0.15, 0.2) is 0 Å².